The number of aromatic nitrogens is 2. The molecule has 10 aromatic rings. The van der Waals surface area contributed by atoms with Crippen LogP contribution in [0.3, 0.4) is 0 Å². The second-order valence-corrected chi connectivity index (χ2v) is 15.9. The van der Waals surface area contributed by atoms with Gasteiger partial charge >= 0.3 is 0 Å². The minimum absolute atomic E-state index is 0.411. The van der Waals surface area contributed by atoms with Crippen molar-refractivity contribution in [3.05, 3.63) is 216 Å². The summed E-state index contributed by atoms with van der Waals surface area (Å²) in [7, 11) is 0. The SMILES string of the molecule is c1ccc(-c2cc(-c3cccc4ccccc34)nc(-c3cccc(-c4ccc5c(c4)C4(c6ccccc6-5)c5ccccc5-c5sc6ccccc6c54)c3)n2)cc1. The molecular weight excluding hydrogens is 697 g/mol. The lowest BCUT2D eigenvalue weighted by atomic mass is 9.70. The van der Waals surface area contributed by atoms with E-state index in [-0.39, 0.29) is 0 Å². The Morgan fingerprint density at radius 2 is 0.982 bits per heavy atom. The van der Waals surface area contributed by atoms with Crippen LogP contribution < -0.4 is 0 Å². The Labute approximate surface area is 329 Å². The Balaban J connectivity index is 1.06. The fourth-order valence-electron chi connectivity index (χ4n) is 9.53. The second kappa shape index (κ2) is 12.0. The predicted molar refractivity (Wildman–Crippen MR) is 233 cm³/mol. The Morgan fingerprint density at radius 3 is 1.88 bits per heavy atom. The fraction of sp³-hybridized carbons (Fsp3) is 0.0189. The van der Waals surface area contributed by atoms with E-state index in [1.807, 2.05) is 17.4 Å². The number of thiophene rings is 1. The van der Waals surface area contributed by atoms with Gasteiger partial charge in [-0.05, 0) is 90.5 Å². The van der Waals surface area contributed by atoms with Crippen molar-refractivity contribution in [1.82, 2.24) is 9.97 Å². The van der Waals surface area contributed by atoms with E-state index in [4.69, 9.17) is 9.97 Å². The van der Waals surface area contributed by atoms with Gasteiger partial charge in [0.1, 0.15) is 0 Å². The molecule has 1 atom stereocenters. The first-order valence-corrected chi connectivity index (χ1v) is 20.0. The Hall–Kier alpha value is -6.94. The van der Waals surface area contributed by atoms with Crippen molar-refractivity contribution in [1.29, 1.82) is 0 Å². The highest BCUT2D eigenvalue weighted by atomic mass is 32.1. The number of benzene rings is 8. The van der Waals surface area contributed by atoms with E-state index >= 15 is 0 Å². The van der Waals surface area contributed by atoms with Gasteiger partial charge in [-0.3, -0.25) is 0 Å². The zero-order valence-electron chi connectivity index (χ0n) is 30.3. The van der Waals surface area contributed by atoms with Crippen molar-refractivity contribution in [2.45, 2.75) is 5.41 Å². The summed E-state index contributed by atoms with van der Waals surface area (Å²) in [6, 6.07) is 70.5. The van der Waals surface area contributed by atoms with Gasteiger partial charge in [0.15, 0.2) is 5.82 Å². The molecule has 260 valence electrons. The monoisotopic (exact) mass is 728 g/mol. The third-order valence-corrected chi connectivity index (χ3v) is 13.1. The van der Waals surface area contributed by atoms with Crippen LogP contribution >= 0.6 is 11.3 Å². The lowest BCUT2D eigenvalue weighted by Crippen LogP contribution is -2.25. The van der Waals surface area contributed by atoms with E-state index < -0.39 is 5.41 Å². The summed E-state index contributed by atoms with van der Waals surface area (Å²) >= 11 is 1.92. The van der Waals surface area contributed by atoms with Crippen molar-refractivity contribution in [3.8, 4) is 66.6 Å². The third-order valence-electron chi connectivity index (χ3n) is 11.9. The molecular formula is C53H32N2S. The van der Waals surface area contributed by atoms with Crippen LogP contribution in [0.5, 0.6) is 0 Å². The van der Waals surface area contributed by atoms with Gasteiger partial charge in [-0.1, -0.05) is 170 Å². The summed E-state index contributed by atoms with van der Waals surface area (Å²) in [5.74, 6) is 0.709. The second-order valence-electron chi connectivity index (χ2n) is 14.8. The fourth-order valence-corrected chi connectivity index (χ4v) is 10.8. The molecule has 0 amide bonds. The van der Waals surface area contributed by atoms with E-state index in [0.29, 0.717) is 5.82 Å². The Bertz CT molecular complexity index is 3210. The van der Waals surface area contributed by atoms with E-state index in [0.717, 1.165) is 33.6 Å². The minimum atomic E-state index is -0.411. The highest BCUT2D eigenvalue weighted by molar-refractivity contribution is 7.22. The Morgan fingerprint density at radius 1 is 0.375 bits per heavy atom. The molecule has 2 aromatic heterocycles. The first kappa shape index (κ1) is 31.4. The van der Waals surface area contributed by atoms with Crippen molar-refractivity contribution in [2.24, 2.45) is 0 Å². The summed E-state index contributed by atoms with van der Waals surface area (Å²) in [6.45, 7) is 0. The zero-order valence-corrected chi connectivity index (χ0v) is 31.1. The molecule has 2 nitrogen and oxygen atoms in total. The van der Waals surface area contributed by atoms with Gasteiger partial charge in [-0.25, -0.2) is 9.97 Å². The molecule has 0 saturated carbocycles. The lowest BCUT2D eigenvalue weighted by molar-refractivity contribution is 0.803. The van der Waals surface area contributed by atoms with Crippen LogP contribution in [0.15, 0.2) is 194 Å². The summed E-state index contributed by atoms with van der Waals surface area (Å²) in [6.07, 6.45) is 0. The van der Waals surface area contributed by atoms with Crippen molar-refractivity contribution in [2.75, 3.05) is 0 Å². The molecule has 56 heavy (non-hydrogen) atoms. The maximum Gasteiger partial charge on any atom is 0.160 e. The van der Waals surface area contributed by atoms with E-state index in [1.54, 1.807) is 0 Å². The normalized spacial score (nSPS) is 14.9. The number of nitrogens with zero attached hydrogens (tertiary/aromatic N) is 2. The summed E-state index contributed by atoms with van der Waals surface area (Å²) in [4.78, 5) is 11.9. The number of rotatable bonds is 4. The maximum absolute atomic E-state index is 5.29. The average molecular weight is 729 g/mol. The van der Waals surface area contributed by atoms with Crippen molar-refractivity contribution < 1.29 is 0 Å². The third kappa shape index (κ3) is 4.43. The van der Waals surface area contributed by atoms with Crippen LogP contribution in [0.4, 0.5) is 0 Å². The number of fused-ring (bicyclic) bond motifs is 13. The van der Waals surface area contributed by atoms with Crippen LogP contribution in [-0.4, -0.2) is 9.97 Å². The molecule has 12 rings (SSSR count). The van der Waals surface area contributed by atoms with E-state index in [9.17, 15) is 0 Å². The Kier molecular flexibility index (Phi) is 6.75. The quantitative estimate of drug-likeness (QED) is 0.180. The predicted octanol–water partition coefficient (Wildman–Crippen LogP) is 13.9. The smallest absolute Gasteiger partial charge is 0.160 e. The van der Waals surface area contributed by atoms with Gasteiger partial charge in [0.2, 0.25) is 0 Å². The molecule has 0 aliphatic heterocycles. The molecule has 2 aliphatic rings. The average Bonchev–Trinajstić information content (AvgIpc) is 3.90. The van der Waals surface area contributed by atoms with Crippen LogP contribution in [0.25, 0.3) is 87.5 Å². The largest absolute Gasteiger partial charge is 0.228 e. The number of hydrogen-bond donors (Lipinski definition) is 0. The molecule has 1 spiro atoms. The summed E-state index contributed by atoms with van der Waals surface area (Å²) in [5.41, 5.74) is 16.3. The van der Waals surface area contributed by atoms with E-state index in [2.05, 4.69) is 188 Å². The van der Waals surface area contributed by atoms with Gasteiger partial charge in [0.25, 0.3) is 0 Å². The highest BCUT2D eigenvalue weighted by Crippen LogP contribution is 2.66. The highest BCUT2D eigenvalue weighted by Gasteiger charge is 2.53. The van der Waals surface area contributed by atoms with Gasteiger partial charge in [-0.15, -0.1) is 11.3 Å². The summed E-state index contributed by atoms with van der Waals surface area (Å²) < 4.78 is 1.33. The summed E-state index contributed by atoms with van der Waals surface area (Å²) in [5, 5.41) is 3.71. The van der Waals surface area contributed by atoms with Gasteiger partial charge in [-0.2, -0.15) is 0 Å². The molecule has 1 unspecified atom stereocenters. The van der Waals surface area contributed by atoms with Crippen LogP contribution in [0.2, 0.25) is 0 Å². The zero-order chi connectivity index (χ0) is 36.8. The topological polar surface area (TPSA) is 25.8 Å². The van der Waals surface area contributed by atoms with Gasteiger partial charge < -0.3 is 0 Å². The van der Waals surface area contributed by atoms with Gasteiger partial charge in [0, 0.05) is 26.3 Å². The van der Waals surface area contributed by atoms with Crippen molar-refractivity contribution in [3.63, 3.8) is 0 Å². The molecule has 2 aliphatic carbocycles. The molecule has 2 heterocycles. The van der Waals surface area contributed by atoms with Crippen LogP contribution in [0, 0.1) is 0 Å². The molecule has 0 N–H and O–H groups in total. The van der Waals surface area contributed by atoms with E-state index in [1.165, 1.54) is 70.2 Å². The molecule has 3 heteroatoms. The first-order chi connectivity index (χ1) is 27.8. The minimum Gasteiger partial charge on any atom is -0.228 e. The maximum atomic E-state index is 5.29. The van der Waals surface area contributed by atoms with Gasteiger partial charge in [0.05, 0.1) is 16.8 Å². The van der Waals surface area contributed by atoms with Crippen LogP contribution in [-0.2, 0) is 5.41 Å². The van der Waals surface area contributed by atoms with Crippen LogP contribution in [0.1, 0.15) is 22.3 Å². The first-order valence-electron chi connectivity index (χ1n) is 19.2. The molecule has 0 saturated heterocycles. The standard InChI is InChI=1S/C53H32N2S/c1-2-15-34(16-3-1)47-32-48(41-24-13-17-33-14-4-5-20-38(33)41)55-52(54-47)37-19-12-18-35(30-37)36-28-29-40-39-21-6-9-25-44(39)53(46(40)31-36)45-26-10-7-22-42(45)51-50(53)43-23-8-11-27-49(43)56-51/h1-32H. The molecule has 8 aromatic carbocycles. The molecule has 0 radical (unpaired) electrons. The van der Waals surface area contributed by atoms with Crippen molar-refractivity contribution >= 4 is 32.2 Å². The lowest BCUT2D eigenvalue weighted by Gasteiger charge is -2.30. The number of hydrogen-bond acceptors (Lipinski definition) is 3. The molecule has 0 fully saturated rings. The molecule has 0 bridgehead atoms.